The molecule has 1 amide bonds. The second kappa shape index (κ2) is 7.74. The number of carbonyl (C=O) groups is 1. The van der Waals surface area contributed by atoms with Gasteiger partial charge in [-0.15, -0.1) is 0 Å². The summed E-state index contributed by atoms with van der Waals surface area (Å²) >= 11 is 0. The minimum Gasteiger partial charge on any atom is -0.376 e. The predicted octanol–water partition coefficient (Wildman–Crippen LogP) is 1.61. The maximum absolute atomic E-state index is 12.1. The Bertz CT molecular complexity index is 448. The number of ether oxygens (including phenoxy) is 2. The summed E-state index contributed by atoms with van der Waals surface area (Å²) in [7, 11) is 0. The van der Waals surface area contributed by atoms with Crippen molar-refractivity contribution in [3.05, 3.63) is 18.7 Å². The van der Waals surface area contributed by atoms with Crippen molar-refractivity contribution in [3.63, 3.8) is 0 Å². The molecule has 1 saturated heterocycles. The predicted molar refractivity (Wildman–Crippen MR) is 83.4 cm³/mol. The number of hydrogen-bond donors (Lipinski definition) is 1. The molecule has 1 aromatic heterocycles. The standard InChI is InChI=1S/C16H27N3O3/c1-16(2,3)14(9-19-7-6-17-12-19)18-15(20)11-21-10-13-5-4-8-22-13/h6-7,12-14H,4-5,8-11H2,1-3H3,(H,18,20)/t13-,14+/m1/s1. The quantitative estimate of drug-likeness (QED) is 0.831. The fourth-order valence-corrected chi connectivity index (χ4v) is 2.44. The summed E-state index contributed by atoms with van der Waals surface area (Å²) in [4.78, 5) is 16.1. The highest BCUT2D eigenvalue weighted by molar-refractivity contribution is 5.77. The summed E-state index contributed by atoms with van der Waals surface area (Å²) < 4.78 is 12.9. The highest BCUT2D eigenvalue weighted by atomic mass is 16.5. The van der Waals surface area contributed by atoms with Gasteiger partial charge in [0, 0.05) is 25.5 Å². The number of imidazole rings is 1. The van der Waals surface area contributed by atoms with Crippen LogP contribution in [0.5, 0.6) is 0 Å². The van der Waals surface area contributed by atoms with Gasteiger partial charge in [-0.25, -0.2) is 4.98 Å². The fraction of sp³-hybridized carbons (Fsp3) is 0.750. The van der Waals surface area contributed by atoms with Gasteiger partial charge in [-0.05, 0) is 18.3 Å². The van der Waals surface area contributed by atoms with Crippen LogP contribution in [0.25, 0.3) is 0 Å². The summed E-state index contributed by atoms with van der Waals surface area (Å²) in [5.41, 5.74) is -0.0471. The molecule has 1 aliphatic heterocycles. The van der Waals surface area contributed by atoms with Crippen molar-refractivity contribution in [2.75, 3.05) is 19.8 Å². The van der Waals surface area contributed by atoms with E-state index >= 15 is 0 Å². The molecule has 1 N–H and O–H groups in total. The van der Waals surface area contributed by atoms with Gasteiger partial charge in [0.05, 0.1) is 25.1 Å². The Hall–Kier alpha value is -1.40. The van der Waals surface area contributed by atoms with Crippen LogP contribution in [0.2, 0.25) is 0 Å². The van der Waals surface area contributed by atoms with E-state index < -0.39 is 0 Å². The van der Waals surface area contributed by atoms with E-state index in [0.29, 0.717) is 13.2 Å². The molecule has 0 aromatic carbocycles. The van der Waals surface area contributed by atoms with Crippen LogP contribution in [-0.4, -0.2) is 47.4 Å². The number of carbonyl (C=O) groups excluding carboxylic acids is 1. The lowest BCUT2D eigenvalue weighted by atomic mass is 9.86. The van der Waals surface area contributed by atoms with Gasteiger partial charge >= 0.3 is 0 Å². The van der Waals surface area contributed by atoms with Crippen LogP contribution in [0.4, 0.5) is 0 Å². The number of nitrogens with zero attached hydrogens (tertiary/aromatic N) is 2. The van der Waals surface area contributed by atoms with Crippen LogP contribution < -0.4 is 5.32 Å². The van der Waals surface area contributed by atoms with E-state index in [0.717, 1.165) is 19.4 Å². The van der Waals surface area contributed by atoms with Crippen LogP contribution in [0.3, 0.4) is 0 Å². The number of hydrogen-bond acceptors (Lipinski definition) is 4. The Morgan fingerprint density at radius 1 is 1.55 bits per heavy atom. The Kier molecular flexibility index (Phi) is 5.97. The zero-order valence-corrected chi connectivity index (χ0v) is 13.7. The molecule has 2 heterocycles. The molecule has 0 bridgehead atoms. The molecule has 1 aromatic rings. The molecular formula is C16H27N3O3. The Balaban J connectivity index is 1.77. The Morgan fingerprint density at radius 3 is 2.95 bits per heavy atom. The van der Waals surface area contributed by atoms with Gasteiger partial charge in [-0.2, -0.15) is 0 Å². The van der Waals surface area contributed by atoms with Crippen LogP contribution in [0.1, 0.15) is 33.6 Å². The van der Waals surface area contributed by atoms with Gasteiger partial charge in [0.1, 0.15) is 6.61 Å². The van der Waals surface area contributed by atoms with E-state index in [1.54, 1.807) is 12.5 Å². The molecule has 124 valence electrons. The molecule has 0 saturated carbocycles. The van der Waals surface area contributed by atoms with Crippen molar-refractivity contribution >= 4 is 5.91 Å². The summed E-state index contributed by atoms with van der Waals surface area (Å²) in [6.07, 6.45) is 7.66. The summed E-state index contributed by atoms with van der Waals surface area (Å²) in [6, 6.07) is 0.0144. The number of nitrogens with one attached hydrogen (secondary N) is 1. The first kappa shape index (κ1) is 17.0. The fourth-order valence-electron chi connectivity index (χ4n) is 2.44. The topological polar surface area (TPSA) is 65.4 Å². The van der Waals surface area contributed by atoms with E-state index in [2.05, 4.69) is 31.1 Å². The minimum atomic E-state index is -0.0852. The molecule has 6 heteroatoms. The maximum atomic E-state index is 12.1. The van der Waals surface area contributed by atoms with Crippen molar-refractivity contribution in [3.8, 4) is 0 Å². The molecule has 0 radical (unpaired) electrons. The van der Waals surface area contributed by atoms with Crippen LogP contribution in [-0.2, 0) is 20.8 Å². The summed E-state index contributed by atoms with van der Waals surface area (Å²) in [6.45, 7) is 8.41. The molecule has 0 spiro atoms. The number of rotatable bonds is 7. The van der Waals surface area contributed by atoms with Crippen molar-refractivity contribution in [2.24, 2.45) is 5.41 Å². The van der Waals surface area contributed by atoms with E-state index in [9.17, 15) is 4.79 Å². The first-order valence-corrected chi connectivity index (χ1v) is 7.89. The summed E-state index contributed by atoms with van der Waals surface area (Å²) in [5, 5.41) is 3.07. The molecule has 1 fully saturated rings. The van der Waals surface area contributed by atoms with Gasteiger partial charge in [-0.3, -0.25) is 4.79 Å². The molecule has 6 nitrogen and oxygen atoms in total. The third-order valence-corrected chi connectivity index (χ3v) is 3.89. The largest absolute Gasteiger partial charge is 0.376 e. The molecule has 1 aliphatic rings. The lowest BCUT2D eigenvalue weighted by molar-refractivity contribution is -0.128. The lowest BCUT2D eigenvalue weighted by Gasteiger charge is -2.31. The van der Waals surface area contributed by atoms with E-state index in [1.165, 1.54) is 0 Å². The minimum absolute atomic E-state index is 0.0144. The zero-order chi connectivity index (χ0) is 16.0. The summed E-state index contributed by atoms with van der Waals surface area (Å²) in [5.74, 6) is -0.0852. The van der Waals surface area contributed by atoms with Gasteiger partial charge < -0.3 is 19.4 Å². The normalized spacial score (nSPS) is 20.0. The van der Waals surface area contributed by atoms with E-state index in [4.69, 9.17) is 9.47 Å². The number of aromatic nitrogens is 2. The average molecular weight is 309 g/mol. The monoisotopic (exact) mass is 309 g/mol. The number of amides is 1. The van der Waals surface area contributed by atoms with Crippen LogP contribution in [0, 0.1) is 5.41 Å². The third kappa shape index (κ3) is 5.42. The van der Waals surface area contributed by atoms with Gasteiger partial charge in [0.25, 0.3) is 0 Å². The second-order valence-electron chi connectivity index (χ2n) is 6.90. The average Bonchev–Trinajstić information content (AvgIpc) is 3.09. The lowest BCUT2D eigenvalue weighted by Crippen LogP contribution is -2.47. The molecule has 2 rings (SSSR count). The first-order chi connectivity index (χ1) is 10.4. The molecule has 0 unspecified atom stereocenters. The van der Waals surface area contributed by atoms with E-state index in [1.807, 2.05) is 10.8 Å². The Morgan fingerprint density at radius 2 is 2.36 bits per heavy atom. The van der Waals surface area contributed by atoms with E-state index in [-0.39, 0.29) is 30.1 Å². The smallest absolute Gasteiger partial charge is 0.246 e. The van der Waals surface area contributed by atoms with Gasteiger partial charge in [0.2, 0.25) is 5.91 Å². The van der Waals surface area contributed by atoms with Gasteiger partial charge in [0.15, 0.2) is 0 Å². The molecule has 22 heavy (non-hydrogen) atoms. The van der Waals surface area contributed by atoms with Crippen LogP contribution in [0.15, 0.2) is 18.7 Å². The molecule has 2 atom stereocenters. The highest BCUT2D eigenvalue weighted by Gasteiger charge is 2.26. The van der Waals surface area contributed by atoms with Crippen LogP contribution >= 0.6 is 0 Å². The third-order valence-electron chi connectivity index (χ3n) is 3.89. The molecular weight excluding hydrogens is 282 g/mol. The maximum Gasteiger partial charge on any atom is 0.246 e. The van der Waals surface area contributed by atoms with Crippen molar-refractivity contribution in [2.45, 2.75) is 52.3 Å². The first-order valence-electron chi connectivity index (χ1n) is 7.89. The highest BCUT2D eigenvalue weighted by Crippen LogP contribution is 2.20. The van der Waals surface area contributed by atoms with Crippen molar-refractivity contribution in [1.82, 2.24) is 14.9 Å². The van der Waals surface area contributed by atoms with Crippen molar-refractivity contribution in [1.29, 1.82) is 0 Å². The van der Waals surface area contributed by atoms with Crippen molar-refractivity contribution < 1.29 is 14.3 Å². The second-order valence-corrected chi connectivity index (χ2v) is 6.90. The molecule has 0 aliphatic carbocycles. The SMILES string of the molecule is CC(C)(C)[C@H](Cn1ccnc1)NC(=O)COC[C@H]1CCCO1. The van der Waals surface area contributed by atoms with Gasteiger partial charge in [-0.1, -0.05) is 20.8 Å². The zero-order valence-electron chi connectivity index (χ0n) is 13.7. The Labute approximate surface area is 132 Å².